The van der Waals surface area contributed by atoms with Gasteiger partial charge in [0.1, 0.15) is 0 Å². The topological polar surface area (TPSA) is 41.5 Å². The van der Waals surface area contributed by atoms with E-state index in [0.29, 0.717) is 27.9 Å². The highest BCUT2D eigenvalue weighted by Crippen LogP contribution is 2.33. The van der Waals surface area contributed by atoms with Gasteiger partial charge in [0, 0.05) is 34.3 Å². The Hall–Kier alpha value is -1.42. The number of nitrogens with one attached hydrogen (secondary N) is 1. The highest BCUT2D eigenvalue weighted by molar-refractivity contribution is 6.31. The second-order valence-electron chi connectivity index (χ2n) is 4.74. The lowest BCUT2D eigenvalue weighted by atomic mass is 10.1. The van der Waals surface area contributed by atoms with E-state index in [4.69, 9.17) is 27.9 Å². The highest BCUT2D eigenvalue weighted by Gasteiger charge is 2.13. The van der Waals surface area contributed by atoms with E-state index in [1.165, 1.54) is 7.11 Å². The van der Waals surface area contributed by atoms with Gasteiger partial charge in [-0.2, -0.15) is 0 Å². The fraction of sp³-hybridized carbons (Fsp3) is 0.250. The maximum atomic E-state index is 10.1. The smallest absolute Gasteiger partial charge is 0.162 e. The normalized spacial score (nSPS) is 12.2. The second kappa shape index (κ2) is 7.03. The summed E-state index contributed by atoms with van der Waals surface area (Å²) in [5.41, 5.74) is 1.69. The summed E-state index contributed by atoms with van der Waals surface area (Å²) in [6.07, 6.45) is 0. The molecule has 0 radical (unpaired) electrons. The summed E-state index contributed by atoms with van der Waals surface area (Å²) in [6, 6.07) is 11.0. The van der Waals surface area contributed by atoms with Crippen LogP contribution in [0.2, 0.25) is 10.0 Å². The van der Waals surface area contributed by atoms with Crippen LogP contribution in [0.4, 0.5) is 0 Å². The number of methoxy groups -OCH3 is 1. The molecule has 3 nitrogen and oxygen atoms in total. The molecule has 0 bridgehead atoms. The number of phenolic OH excluding ortho intramolecular Hbond substituents is 1. The second-order valence-corrected chi connectivity index (χ2v) is 5.58. The standard InChI is InChI=1S/C16H17Cl2NO2/c1-10(13-5-3-4-6-14(13)18)19-9-11-7-12(17)8-15(21-2)16(11)20/h3-8,10,19-20H,9H2,1-2H3/t10-/m0/s1. The Morgan fingerprint density at radius 1 is 1.24 bits per heavy atom. The molecule has 112 valence electrons. The lowest BCUT2D eigenvalue weighted by molar-refractivity contribution is 0.369. The van der Waals surface area contributed by atoms with Crippen LogP contribution >= 0.6 is 23.2 Å². The molecule has 0 saturated carbocycles. The van der Waals surface area contributed by atoms with E-state index < -0.39 is 0 Å². The summed E-state index contributed by atoms with van der Waals surface area (Å²) >= 11 is 12.2. The molecular weight excluding hydrogens is 309 g/mol. The molecule has 0 heterocycles. The van der Waals surface area contributed by atoms with E-state index in [9.17, 15) is 5.11 Å². The molecule has 0 aliphatic carbocycles. The Morgan fingerprint density at radius 3 is 2.62 bits per heavy atom. The van der Waals surface area contributed by atoms with Gasteiger partial charge >= 0.3 is 0 Å². The van der Waals surface area contributed by atoms with Crippen molar-refractivity contribution in [3.8, 4) is 11.5 Å². The van der Waals surface area contributed by atoms with E-state index >= 15 is 0 Å². The van der Waals surface area contributed by atoms with Gasteiger partial charge in [-0.3, -0.25) is 0 Å². The minimum absolute atomic E-state index is 0.0445. The van der Waals surface area contributed by atoms with Gasteiger partial charge < -0.3 is 15.2 Å². The van der Waals surface area contributed by atoms with Crippen LogP contribution in [0.15, 0.2) is 36.4 Å². The van der Waals surface area contributed by atoms with Crippen LogP contribution in [-0.4, -0.2) is 12.2 Å². The molecule has 0 amide bonds. The zero-order chi connectivity index (χ0) is 15.4. The maximum absolute atomic E-state index is 10.1. The third-order valence-electron chi connectivity index (χ3n) is 3.31. The molecule has 0 aliphatic rings. The number of rotatable bonds is 5. The van der Waals surface area contributed by atoms with Crippen LogP contribution in [0.1, 0.15) is 24.1 Å². The molecule has 2 aromatic rings. The molecule has 0 saturated heterocycles. The van der Waals surface area contributed by atoms with Gasteiger partial charge in [0.25, 0.3) is 0 Å². The Labute approximate surface area is 134 Å². The number of phenols is 1. The van der Waals surface area contributed by atoms with Crippen LogP contribution in [0.3, 0.4) is 0 Å². The number of hydrogen-bond acceptors (Lipinski definition) is 3. The van der Waals surface area contributed by atoms with Crippen LogP contribution in [-0.2, 0) is 6.54 Å². The molecule has 2 rings (SSSR count). The van der Waals surface area contributed by atoms with E-state index in [0.717, 1.165) is 5.56 Å². The Kier molecular flexibility index (Phi) is 5.34. The van der Waals surface area contributed by atoms with Gasteiger partial charge in [-0.05, 0) is 24.6 Å². The van der Waals surface area contributed by atoms with Gasteiger partial charge in [0.2, 0.25) is 0 Å². The minimum atomic E-state index is 0.0445. The first kappa shape index (κ1) is 16.0. The number of halogens is 2. The molecule has 21 heavy (non-hydrogen) atoms. The largest absolute Gasteiger partial charge is 0.504 e. The van der Waals surface area contributed by atoms with E-state index in [1.807, 2.05) is 31.2 Å². The van der Waals surface area contributed by atoms with Gasteiger partial charge in [0.15, 0.2) is 11.5 Å². The molecule has 1 atom stereocenters. The predicted molar refractivity (Wildman–Crippen MR) is 86.4 cm³/mol. The van der Waals surface area contributed by atoms with Crippen LogP contribution in [0, 0.1) is 0 Å². The first-order valence-corrected chi connectivity index (χ1v) is 7.31. The SMILES string of the molecule is COc1cc(Cl)cc(CN[C@@H](C)c2ccccc2Cl)c1O. The third-order valence-corrected chi connectivity index (χ3v) is 3.87. The lowest BCUT2D eigenvalue weighted by Gasteiger charge is -2.17. The monoisotopic (exact) mass is 325 g/mol. The van der Waals surface area contributed by atoms with Gasteiger partial charge in [-0.1, -0.05) is 41.4 Å². The van der Waals surface area contributed by atoms with Crippen molar-refractivity contribution < 1.29 is 9.84 Å². The zero-order valence-electron chi connectivity index (χ0n) is 11.9. The van der Waals surface area contributed by atoms with Crippen molar-refractivity contribution in [3.05, 3.63) is 57.6 Å². The molecule has 2 N–H and O–H groups in total. The van der Waals surface area contributed by atoms with Crippen molar-refractivity contribution in [2.45, 2.75) is 19.5 Å². The van der Waals surface area contributed by atoms with Crippen molar-refractivity contribution >= 4 is 23.2 Å². The van der Waals surface area contributed by atoms with Crippen molar-refractivity contribution in [1.82, 2.24) is 5.32 Å². The molecule has 0 fully saturated rings. The van der Waals surface area contributed by atoms with Gasteiger partial charge in [-0.25, -0.2) is 0 Å². The maximum Gasteiger partial charge on any atom is 0.162 e. The number of benzene rings is 2. The summed E-state index contributed by atoms with van der Waals surface area (Å²) in [4.78, 5) is 0. The molecule has 5 heteroatoms. The molecule has 0 aromatic heterocycles. The number of ether oxygens (including phenoxy) is 1. The Balaban J connectivity index is 2.13. The summed E-state index contributed by atoms with van der Waals surface area (Å²) in [6.45, 7) is 2.47. The average molecular weight is 326 g/mol. The summed E-state index contributed by atoms with van der Waals surface area (Å²) in [7, 11) is 1.49. The molecular formula is C16H17Cl2NO2. The van der Waals surface area contributed by atoms with E-state index in [2.05, 4.69) is 5.32 Å². The van der Waals surface area contributed by atoms with E-state index in [-0.39, 0.29) is 11.8 Å². The minimum Gasteiger partial charge on any atom is -0.504 e. The van der Waals surface area contributed by atoms with Crippen molar-refractivity contribution in [3.63, 3.8) is 0 Å². The molecule has 0 aliphatic heterocycles. The highest BCUT2D eigenvalue weighted by atomic mass is 35.5. The average Bonchev–Trinajstić information content (AvgIpc) is 2.47. The van der Waals surface area contributed by atoms with Crippen LogP contribution < -0.4 is 10.1 Å². The molecule has 0 spiro atoms. The van der Waals surface area contributed by atoms with Crippen molar-refractivity contribution in [2.75, 3.05) is 7.11 Å². The Morgan fingerprint density at radius 2 is 1.95 bits per heavy atom. The van der Waals surface area contributed by atoms with Gasteiger partial charge in [-0.15, -0.1) is 0 Å². The summed E-state index contributed by atoms with van der Waals surface area (Å²) in [5.74, 6) is 0.463. The number of hydrogen-bond donors (Lipinski definition) is 2. The fourth-order valence-corrected chi connectivity index (χ4v) is 2.65. The van der Waals surface area contributed by atoms with Crippen LogP contribution in [0.5, 0.6) is 11.5 Å². The van der Waals surface area contributed by atoms with E-state index in [1.54, 1.807) is 12.1 Å². The molecule has 2 aromatic carbocycles. The van der Waals surface area contributed by atoms with Gasteiger partial charge in [0.05, 0.1) is 7.11 Å². The van der Waals surface area contributed by atoms with Crippen molar-refractivity contribution in [2.24, 2.45) is 0 Å². The lowest BCUT2D eigenvalue weighted by Crippen LogP contribution is -2.18. The first-order chi connectivity index (χ1) is 10.0. The predicted octanol–water partition coefficient (Wildman–Crippen LogP) is 4.56. The number of aromatic hydroxyl groups is 1. The first-order valence-electron chi connectivity index (χ1n) is 6.56. The summed E-state index contributed by atoms with van der Waals surface area (Å²) < 4.78 is 5.09. The van der Waals surface area contributed by atoms with Crippen LogP contribution in [0.25, 0.3) is 0 Å². The third kappa shape index (κ3) is 3.82. The fourth-order valence-electron chi connectivity index (χ4n) is 2.12. The quantitative estimate of drug-likeness (QED) is 0.846. The van der Waals surface area contributed by atoms with Crippen molar-refractivity contribution in [1.29, 1.82) is 0 Å². The summed E-state index contributed by atoms with van der Waals surface area (Å²) in [5, 5.41) is 14.7. The Bertz CT molecular complexity index is 632. The molecule has 0 unspecified atom stereocenters. The zero-order valence-corrected chi connectivity index (χ0v) is 13.4.